The number of carbonyl (C=O) groups is 1. The Morgan fingerprint density at radius 2 is 1.87 bits per heavy atom. The van der Waals surface area contributed by atoms with Crippen LogP contribution >= 0.6 is 0 Å². The second kappa shape index (κ2) is 7.98. The molecule has 0 atom stereocenters. The monoisotopic (exact) mass is 310 g/mol. The van der Waals surface area contributed by atoms with Crippen molar-refractivity contribution in [3.63, 3.8) is 0 Å². The number of carbonyl (C=O) groups excluding carboxylic acids is 1. The van der Waals surface area contributed by atoms with Crippen LogP contribution in [-0.4, -0.2) is 33.1 Å². The summed E-state index contributed by atoms with van der Waals surface area (Å²) in [5, 5.41) is 17.2. The lowest BCUT2D eigenvalue weighted by Crippen LogP contribution is -2.06. The zero-order valence-electron chi connectivity index (χ0n) is 13.4. The molecule has 23 heavy (non-hydrogen) atoms. The van der Waals surface area contributed by atoms with E-state index in [0.717, 1.165) is 40.0 Å². The Morgan fingerprint density at radius 1 is 1.09 bits per heavy atom. The second-order valence-corrected chi connectivity index (χ2v) is 5.06. The molecule has 0 unspecified atom stereocenters. The topological polar surface area (TPSA) is 77.0 Å². The van der Waals surface area contributed by atoms with E-state index in [1.54, 1.807) is 0 Å². The first-order valence-corrected chi connectivity index (χ1v) is 7.56. The van der Waals surface area contributed by atoms with Crippen LogP contribution in [0, 0.1) is 5.41 Å². The van der Waals surface area contributed by atoms with Crippen molar-refractivity contribution in [2.45, 2.75) is 6.42 Å². The number of aldehydes is 1. The largest absolute Gasteiger partial charge is 0.388 e. The third-order valence-electron chi connectivity index (χ3n) is 3.69. The molecule has 0 heterocycles. The van der Waals surface area contributed by atoms with Crippen LogP contribution in [0.2, 0.25) is 0 Å². The van der Waals surface area contributed by atoms with Crippen LogP contribution in [0.4, 0.5) is 17.1 Å². The number of hydrogen-bond donors (Lipinski definition) is 4. The highest BCUT2D eigenvalue weighted by Crippen LogP contribution is 2.35. The minimum absolute atomic E-state index is 0.460. The van der Waals surface area contributed by atoms with Gasteiger partial charge in [-0.3, -0.25) is 0 Å². The van der Waals surface area contributed by atoms with Gasteiger partial charge >= 0.3 is 0 Å². The van der Waals surface area contributed by atoms with Crippen LogP contribution in [0.3, 0.4) is 0 Å². The fourth-order valence-corrected chi connectivity index (χ4v) is 2.53. The Morgan fingerprint density at radius 3 is 2.52 bits per heavy atom. The van der Waals surface area contributed by atoms with E-state index in [1.165, 1.54) is 6.21 Å². The molecule has 5 nitrogen and oxygen atoms in total. The summed E-state index contributed by atoms with van der Waals surface area (Å²) in [5.74, 6) is 0. The Balaban J connectivity index is 2.49. The van der Waals surface area contributed by atoms with E-state index in [0.29, 0.717) is 13.0 Å². The number of anilines is 3. The van der Waals surface area contributed by atoms with E-state index >= 15 is 0 Å². The maximum Gasteiger partial charge on any atom is 0.121 e. The van der Waals surface area contributed by atoms with Crippen molar-refractivity contribution < 1.29 is 4.79 Å². The fourth-order valence-electron chi connectivity index (χ4n) is 2.53. The molecule has 5 heteroatoms. The molecule has 4 N–H and O–H groups in total. The van der Waals surface area contributed by atoms with Gasteiger partial charge in [-0.05, 0) is 23.8 Å². The highest BCUT2D eigenvalue weighted by molar-refractivity contribution is 5.92. The molecule has 2 aromatic rings. The van der Waals surface area contributed by atoms with Crippen LogP contribution in [-0.2, 0) is 4.79 Å². The van der Waals surface area contributed by atoms with E-state index in [2.05, 4.69) is 16.0 Å². The van der Waals surface area contributed by atoms with Crippen molar-refractivity contribution in [3.05, 3.63) is 42.0 Å². The molecular formula is C18H22N4O. The molecule has 2 rings (SSSR count). The van der Waals surface area contributed by atoms with Gasteiger partial charge in [0.25, 0.3) is 0 Å². The van der Waals surface area contributed by atoms with E-state index in [-0.39, 0.29) is 0 Å². The quantitative estimate of drug-likeness (QED) is 0.342. The molecule has 0 aliphatic rings. The summed E-state index contributed by atoms with van der Waals surface area (Å²) in [7, 11) is 3.72. The third kappa shape index (κ3) is 3.69. The Labute approximate surface area is 136 Å². The molecule has 0 saturated heterocycles. The maximum absolute atomic E-state index is 10.6. The number of nitrogens with one attached hydrogen (secondary N) is 4. The molecule has 0 radical (unpaired) electrons. The smallest absolute Gasteiger partial charge is 0.121 e. The Kier molecular flexibility index (Phi) is 5.74. The molecule has 0 amide bonds. The van der Waals surface area contributed by atoms with Gasteiger partial charge < -0.3 is 26.2 Å². The van der Waals surface area contributed by atoms with Gasteiger partial charge in [0, 0.05) is 50.1 Å². The average Bonchev–Trinajstić information content (AvgIpc) is 2.61. The summed E-state index contributed by atoms with van der Waals surface area (Å²) in [6, 6.07) is 12.0. The van der Waals surface area contributed by atoms with Crippen molar-refractivity contribution in [1.82, 2.24) is 0 Å². The predicted octanol–water partition coefficient (Wildman–Crippen LogP) is 3.44. The van der Waals surface area contributed by atoms with Gasteiger partial charge in [0.05, 0.1) is 11.4 Å². The van der Waals surface area contributed by atoms with Crippen molar-refractivity contribution in [2.75, 3.05) is 36.6 Å². The normalized spacial score (nSPS) is 10.0. The summed E-state index contributed by atoms with van der Waals surface area (Å²) in [4.78, 5) is 10.6. The molecule has 0 aliphatic heterocycles. The molecule has 0 saturated carbocycles. The molecular weight excluding hydrogens is 288 g/mol. The van der Waals surface area contributed by atoms with Gasteiger partial charge in [-0.15, -0.1) is 0 Å². The molecule has 0 aromatic heterocycles. The summed E-state index contributed by atoms with van der Waals surface area (Å²) in [6.07, 6.45) is 2.71. The predicted molar refractivity (Wildman–Crippen MR) is 98.0 cm³/mol. The van der Waals surface area contributed by atoms with Crippen molar-refractivity contribution in [3.8, 4) is 11.1 Å². The highest BCUT2D eigenvalue weighted by Gasteiger charge is 2.10. The lowest BCUT2D eigenvalue weighted by Gasteiger charge is -2.17. The number of rotatable bonds is 8. The highest BCUT2D eigenvalue weighted by atomic mass is 16.1. The first-order chi connectivity index (χ1) is 11.2. The minimum atomic E-state index is 0.460. The number of hydrogen-bond acceptors (Lipinski definition) is 5. The second-order valence-electron chi connectivity index (χ2n) is 5.06. The van der Waals surface area contributed by atoms with E-state index < -0.39 is 0 Å². The van der Waals surface area contributed by atoms with Gasteiger partial charge in [-0.2, -0.15) is 0 Å². The maximum atomic E-state index is 10.6. The first kappa shape index (κ1) is 16.5. The lowest BCUT2D eigenvalue weighted by atomic mass is 9.99. The van der Waals surface area contributed by atoms with Crippen molar-refractivity contribution in [2.24, 2.45) is 0 Å². The summed E-state index contributed by atoms with van der Waals surface area (Å²) in [6.45, 7) is 0.585. The summed E-state index contributed by atoms with van der Waals surface area (Å²) < 4.78 is 0. The SMILES string of the molecule is CNc1ccc(-c2cccc(NC)c2NCCC=O)cc1C=N. The van der Waals surface area contributed by atoms with Gasteiger partial charge in [0.2, 0.25) is 0 Å². The van der Waals surface area contributed by atoms with Gasteiger partial charge in [-0.1, -0.05) is 18.2 Å². The van der Waals surface area contributed by atoms with Gasteiger partial charge in [0.1, 0.15) is 6.29 Å². The first-order valence-electron chi connectivity index (χ1n) is 7.56. The number of para-hydroxylation sites is 1. The van der Waals surface area contributed by atoms with Crippen LogP contribution in [0.15, 0.2) is 36.4 Å². The van der Waals surface area contributed by atoms with E-state index in [9.17, 15) is 4.79 Å². The molecule has 0 fully saturated rings. The average molecular weight is 310 g/mol. The van der Waals surface area contributed by atoms with Crippen LogP contribution in [0.5, 0.6) is 0 Å². The lowest BCUT2D eigenvalue weighted by molar-refractivity contribution is -0.107. The zero-order valence-corrected chi connectivity index (χ0v) is 13.4. The third-order valence-corrected chi connectivity index (χ3v) is 3.69. The molecule has 0 aliphatic carbocycles. The summed E-state index contributed by atoms with van der Waals surface area (Å²) in [5.41, 5.74) is 5.75. The molecule has 120 valence electrons. The van der Waals surface area contributed by atoms with E-state index in [4.69, 9.17) is 5.41 Å². The summed E-state index contributed by atoms with van der Waals surface area (Å²) >= 11 is 0. The van der Waals surface area contributed by atoms with Gasteiger partial charge in [0.15, 0.2) is 0 Å². The Hall–Kier alpha value is -2.82. The van der Waals surface area contributed by atoms with Crippen LogP contribution in [0.25, 0.3) is 11.1 Å². The standard InChI is InChI=1S/C18H22N4O/c1-20-16-8-7-13(11-14(16)12-19)15-5-3-6-17(21-2)18(15)22-9-4-10-23/h3,5-8,10-12,19-22H,4,9H2,1-2H3. The van der Waals surface area contributed by atoms with Crippen LogP contribution < -0.4 is 16.0 Å². The molecule has 2 aromatic carbocycles. The van der Waals surface area contributed by atoms with Crippen LogP contribution in [0.1, 0.15) is 12.0 Å². The van der Waals surface area contributed by atoms with Gasteiger partial charge in [-0.25, -0.2) is 0 Å². The zero-order chi connectivity index (χ0) is 16.7. The molecule has 0 bridgehead atoms. The Bertz CT molecular complexity index is 697. The fraction of sp³-hybridized carbons (Fsp3) is 0.222. The van der Waals surface area contributed by atoms with Crippen molar-refractivity contribution >= 4 is 29.6 Å². The van der Waals surface area contributed by atoms with E-state index in [1.807, 2.05) is 50.5 Å². The van der Waals surface area contributed by atoms with Crippen molar-refractivity contribution in [1.29, 1.82) is 5.41 Å². The molecule has 0 spiro atoms. The minimum Gasteiger partial charge on any atom is -0.388 e. The number of benzene rings is 2.